The van der Waals surface area contributed by atoms with Crippen LogP contribution >= 0.6 is 0 Å². The van der Waals surface area contributed by atoms with Crippen LogP contribution in [0.15, 0.2) is 54.6 Å². The van der Waals surface area contributed by atoms with E-state index in [4.69, 9.17) is 24.2 Å². The number of imidazole rings is 2. The Morgan fingerprint density at radius 3 is 1.79 bits per heavy atom. The first-order chi connectivity index (χ1) is 20.9. The number of aromatic nitrogens is 4. The number of ether oxygens (including phenoxy) is 3. The SMILES string of the molecule is CN(C)CCCOc1ccc2nc(-c3ccc(-c4nc5ccc(OCCCN(C)C)cc5[nH]4)c(OCCCO)c3)[nH]c2c1. The lowest BCUT2D eigenvalue weighted by Gasteiger charge is -2.11. The van der Waals surface area contributed by atoms with E-state index in [1.165, 1.54) is 0 Å². The molecular formula is C33H42N6O4. The van der Waals surface area contributed by atoms with E-state index in [1.807, 2.05) is 54.6 Å². The van der Waals surface area contributed by atoms with Gasteiger partial charge in [0.25, 0.3) is 0 Å². The van der Waals surface area contributed by atoms with E-state index in [-0.39, 0.29) is 6.61 Å². The highest BCUT2D eigenvalue weighted by molar-refractivity contribution is 5.84. The van der Waals surface area contributed by atoms with Crippen LogP contribution in [0, 0.1) is 0 Å². The van der Waals surface area contributed by atoms with E-state index in [9.17, 15) is 5.11 Å². The van der Waals surface area contributed by atoms with Crippen molar-refractivity contribution in [3.05, 3.63) is 54.6 Å². The Hall–Kier alpha value is -4.12. The Morgan fingerprint density at radius 2 is 1.21 bits per heavy atom. The van der Waals surface area contributed by atoms with E-state index in [0.717, 1.165) is 76.4 Å². The minimum Gasteiger partial charge on any atom is -0.493 e. The monoisotopic (exact) mass is 586 g/mol. The van der Waals surface area contributed by atoms with Crippen LogP contribution in [0.25, 0.3) is 44.8 Å². The van der Waals surface area contributed by atoms with Crippen molar-refractivity contribution in [3.63, 3.8) is 0 Å². The Balaban J connectivity index is 1.37. The van der Waals surface area contributed by atoms with Crippen LogP contribution in [0.5, 0.6) is 17.2 Å². The van der Waals surface area contributed by atoms with Crippen molar-refractivity contribution in [1.82, 2.24) is 29.7 Å². The standard InChI is InChI=1S/C33H42N6O4/c1-38(2)14-5-17-41-24-9-12-27-29(21-24)36-32(34-27)23-8-11-26(31(20-23)43-19-7-16-40)33-35-28-13-10-25(22-30(28)37-33)42-18-6-15-39(3)4/h8-13,20-22,40H,5-7,14-19H2,1-4H3,(H,34,36)(H,35,37). The highest BCUT2D eigenvalue weighted by atomic mass is 16.5. The van der Waals surface area contributed by atoms with Crippen LogP contribution in [0.1, 0.15) is 19.3 Å². The number of rotatable bonds is 16. The van der Waals surface area contributed by atoms with Crippen LogP contribution in [0.2, 0.25) is 0 Å². The average molecular weight is 587 g/mol. The first-order valence-electron chi connectivity index (χ1n) is 14.8. The second-order valence-electron chi connectivity index (χ2n) is 11.2. The number of hydrogen-bond donors (Lipinski definition) is 3. The van der Waals surface area contributed by atoms with Gasteiger partial charge in [-0.25, -0.2) is 9.97 Å². The summed E-state index contributed by atoms with van der Waals surface area (Å²) in [5.41, 5.74) is 5.22. The Labute approximate surface area is 252 Å². The minimum atomic E-state index is 0.0557. The summed E-state index contributed by atoms with van der Waals surface area (Å²) in [5, 5.41) is 9.34. The predicted octanol–water partition coefficient (Wildman–Crippen LogP) is 5.20. The molecular weight excluding hydrogens is 544 g/mol. The second-order valence-corrected chi connectivity index (χ2v) is 11.2. The zero-order valence-electron chi connectivity index (χ0n) is 25.5. The molecule has 3 aromatic carbocycles. The van der Waals surface area contributed by atoms with Gasteiger partial charge in [-0.1, -0.05) is 6.07 Å². The number of aromatic amines is 2. The number of fused-ring (bicyclic) bond motifs is 2. The summed E-state index contributed by atoms with van der Waals surface area (Å²) in [4.78, 5) is 20.8. The molecule has 2 heterocycles. The van der Waals surface area contributed by atoms with Gasteiger partial charge in [0.15, 0.2) is 0 Å². The predicted molar refractivity (Wildman–Crippen MR) is 171 cm³/mol. The highest BCUT2D eigenvalue weighted by Gasteiger charge is 2.15. The molecule has 0 aliphatic rings. The van der Waals surface area contributed by atoms with Crippen molar-refractivity contribution < 1.29 is 19.3 Å². The quantitative estimate of drug-likeness (QED) is 0.135. The zero-order chi connectivity index (χ0) is 30.2. The summed E-state index contributed by atoms with van der Waals surface area (Å²) in [6, 6.07) is 17.8. The summed E-state index contributed by atoms with van der Waals surface area (Å²) in [5.74, 6) is 3.72. The molecule has 0 atom stereocenters. The topological polar surface area (TPSA) is 112 Å². The fraction of sp³-hybridized carbons (Fsp3) is 0.394. The molecule has 43 heavy (non-hydrogen) atoms. The van der Waals surface area contributed by atoms with Gasteiger partial charge >= 0.3 is 0 Å². The van der Waals surface area contributed by atoms with Crippen LogP contribution in [0.4, 0.5) is 0 Å². The molecule has 10 nitrogen and oxygen atoms in total. The van der Waals surface area contributed by atoms with E-state index in [0.29, 0.717) is 37.8 Å². The van der Waals surface area contributed by atoms with E-state index < -0.39 is 0 Å². The van der Waals surface area contributed by atoms with Gasteiger partial charge in [-0.15, -0.1) is 0 Å². The first kappa shape index (κ1) is 30.3. The molecule has 0 spiro atoms. The van der Waals surface area contributed by atoms with Crippen LogP contribution in [-0.4, -0.2) is 103 Å². The number of aliphatic hydroxyl groups excluding tert-OH is 1. The number of nitrogens with one attached hydrogen (secondary N) is 2. The van der Waals surface area contributed by atoms with Gasteiger partial charge in [-0.05, 0) is 77.4 Å². The molecule has 5 aromatic rings. The Kier molecular flexibility index (Phi) is 10.1. The molecule has 5 rings (SSSR count). The number of aliphatic hydroxyl groups is 1. The Morgan fingerprint density at radius 1 is 0.651 bits per heavy atom. The molecule has 0 unspecified atom stereocenters. The fourth-order valence-corrected chi connectivity index (χ4v) is 4.79. The summed E-state index contributed by atoms with van der Waals surface area (Å²) >= 11 is 0. The van der Waals surface area contributed by atoms with E-state index in [2.05, 4.69) is 48.0 Å². The molecule has 0 radical (unpaired) electrons. The molecule has 0 bridgehead atoms. The highest BCUT2D eigenvalue weighted by Crippen LogP contribution is 2.35. The van der Waals surface area contributed by atoms with Gasteiger partial charge in [-0.3, -0.25) is 0 Å². The van der Waals surface area contributed by atoms with Gasteiger partial charge in [0.2, 0.25) is 0 Å². The lowest BCUT2D eigenvalue weighted by molar-refractivity contribution is 0.234. The first-order valence-corrected chi connectivity index (χ1v) is 14.8. The maximum Gasteiger partial charge on any atom is 0.142 e. The third kappa shape index (κ3) is 8.04. The van der Waals surface area contributed by atoms with Crippen molar-refractivity contribution >= 4 is 22.1 Å². The molecule has 228 valence electrons. The van der Waals surface area contributed by atoms with Crippen molar-refractivity contribution in [2.24, 2.45) is 0 Å². The van der Waals surface area contributed by atoms with Crippen molar-refractivity contribution in [2.75, 3.05) is 67.7 Å². The second kappa shape index (κ2) is 14.4. The van der Waals surface area contributed by atoms with Crippen LogP contribution in [-0.2, 0) is 0 Å². The number of H-pyrrole nitrogens is 2. The molecule has 10 heteroatoms. The van der Waals surface area contributed by atoms with Crippen molar-refractivity contribution in [1.29, 1.82) is 0 Å². The normalized spacial score (nSPS) is 11.7. The fourth-order valence-electron chi connectivity index (χ4n) is 4.79. The molecule has 0 fully saturated rings. The summed E-state index contributed by atoms with van der Waals surface area (Å²) < 4.78 is 18.1. The zero-order valence-corrected chi connectivity index (χ0v) is 25.5. The smallest absolute Gasteiger partial charge is 0.142 e. The number of nitrogens with zero attached hydrogens (tertiary/aromatic N) is 4. The number of hydrogen-bond acceptors (Lipinski definition) is 8. The molecule has 3 N–H and O–H groups in total. The van der Waals surface area contributed by atoms with Gasteiger partial charge in [0.1, 0.15) is 28.9 Å². The van der Waals surface area contributed by atoms with Crippen LogP contribution < -0.4 is 14.2 Å². The van der Waals surface area contributed by atoms with Crippen molar-refractivity contribution in [2.45, 2.75) is 19.3 Å². The molecule has 0 amide bonds. The van der Waals surface area contributed by atoms with Gasteiger partial charge < -0.3 is 39.1 Å². The largest absolute Gasteiger partial charge is 0.493 e. The average Bonchev–Trinajstić information content (AvgIpc) is 3.61. The molecule has 0 aliphatic carbocycles. The maximum atomic E-state index is 9.34. The maximum absolute atomic E-state index is 9.34. The van der Waals surface area contributed by atoms with Crippen molar-refractivity contribution in [3.8, 4) is 40.0 Å². The summed E-state index contributed by atoms with van der Waals surface area (Å²) in [6.45, 7) is 3.71. The lowest BCUT2D eigenvalue weighted by atomic mass is 10.1. The third-order valence-corrected chi connectivity index (χ3v) is 7.01. The van der Waals surface area contributed by atoms with Crippen LogP contribution in [0.3, 0.4) is 0 Å². The van der Waals surface area contributed by atoms with E-state index >= 15 is 0 Å². The van der Waals surface area contributed by atoms with Gasteiger partial charge in [-0.2, -0.15) is 0 Å². The molecule has 0 saturated carbocycles. The molecule has 0 saturated heterocycles. The Bertz CT molecular complexity index is 1630. The van der Waals surface area contributed by atoms with Gasteiger partial charge in [0, 0.05) is 43.8 Å². The lowest BCUT2D eigenvalue weighted by Crippen LogP contribution is -2.15. The number of benzene rings is 3. The summed E-state index contributed by atoms with van der Waals surface area (Å²) in [7, 11) is 8.24. The van der Waals surface area contributed by atoms with Gasteiger partial charge in [0.05, 0.1) is 47.5 Å². The summed E-state index contributed by atoms with van der Waals surface area (Å²) in [6.07, 6.45) is 2.44. The molecule has 0 aliphatic heterocycles. The minimum absolute atomic E-state index is 0.0557. The third-order valence-electron chi connectivity index (χ3n) is 7.01. The molecule has 2 aromatic heterocycles. The van der Waals surface area contributed by atoms with E-state index in [1.54, 1.807) is 0 Å².